The molecule has 0 aliphatic heterocycles. The summed E-state index contributed by atoms with van der Waals surface area (Å²) in [4.78, 5) is 0. The number of rotatable bonds is 4. The van der Waals surface area contributed by atoms with Gasteiger partial charge in [-0.25, -0.2) is 4.57 Å². The van der Waals surface area contributed by atoms with E-state index in [1.165, 1.54) is 0 Å². The second kappa shape index (κ2) is 4.84. The number of alkyl halides is 3. The average Bonchev–Trinajstić information content (AvgIpc) is 2.57. The molecule has 0 saturated heterocycles. The number of halogens is 3. The summed E-state index contributed by atoms with van der Waals surface area (Å²) in [5.74, 6) is -0.291. The summed E-state index contributed by atoms with van der Waals surface area (Å²) in [5.41, 5.74) is 0. The van der Waals surface area contributed by atoms with Crippen LogP contribution in [0.15, 0.2) is 0 Å². The summed E-state index contributed by atoms with van der Waals surface area (Å²) in [7, 11) is 0. The first-order valence-electron chi connectivity index (χ1n) is 5.39. The lowest BCUT2D eigenvalue weighted by atomic mass is 10.2. The summed E-state index contributed by atoms with van der Waals surface area (Å²) < 4.78 is 38.8. The maximum Gasteiger partial charge on any atom is 0.491 e. The molecule has 0 aliphatic carbocycles. The summed E-state index contributed by atoms with van der Waals surface area (Å²) in [5, 5.41) is 7.26. The third kappa shape index (κ3) is 2.74. The van der Waals surface area contributed by atoms with Crippen LogP contribution in [0.5, 0.6) is 0 Å². The van der Waals surface area contributed by atoms with Crippen molar-refractivity contribution in [1.29, 1.82) is 0 Å². The number of aryl methyl sites for hydroxylation is 1. The Balaban J connectivity index is 3.10. The minimum absolute atomic E-state index is 0.0121. The zero-order valence-electron chi connectivity index (χ0n) is 9.67. The first-order valence-corrected chi connectivity index (χ1v) is 5.39. The molecule has 0 N–H and O–H groups in total. The van der Waals surface area contributed by atoms with Gasteiger partial charge in [0, 0.05) is 12.3 Å². The molecule has 0 amide bonds. The van der Waals surface area contributed by atoms with Crippen molar-refractivity contribution in [3.8, 4) is 0 Å². The van der Waals surface area contributed by atoms with E-state index in [-0.39, 0.29) is 17.6 Å². The molecule has 0 radical (unpaired) electrons. The molecular formula is C10H16F3N3. The number of aromatic nitrogens is 3. The lowest BCUT2D eigenvalue weighted by Crippen LogP contribution is -2.23. The van der Waals surface area contributed by atoms with Gasteiger partial charge in [-0.2, -0.15) is 0 Å². The molecule has 0 bridgehead atoms. The number of nitrogens with zero attached hydrogens (tertiary/aromatic N) is 3. The van der Waals surface area contributed by atoms with Crippen molar-refractivity contribution >= 4 is 0 Å². The van der Waals surface area contributed by atoms with E-state index in [9.17, 15) is 13.2 Å². The van der Waals surface area contributed by atoms with E-state index in [2.05, 4.69) is 10.2 Å². The summed E-state index contributed by atoms with van der Waals surface area (Å²) in [6, 6.07) is 0. The Morgan fingerprint density at radius 2 is 1.88 bits per heavy atom. The summed E-state index contributed by atoms with van der Waals surface area (Å²) >= 11 is 0. The van der Waals surface area contributed by atoms with Crippen molar-refractivity contribution < 1.29 is 13.2 Å². The SMILES string of the molecule is CCCCc1nnc(C(C)C)n1C(F)(F)F. The van der Waals surface area contributed by atoms with Crippen molar-refractivity contribution in [2.75, 3.05) is 0 Å². The van der Waals surface area contributed by atoms with Gasteiger partial charge in [0.05, 0.1) is 0 Å². The Morgan fingerprint density at radius 3 is 2.31 bits per heavy atom. The molecule has 0 fully saturated rings. The third-order valence-corrected chi connectivity index (χ3v) is 2.28. The third-order valence-electron chi connectivity index (χ3n) is 2.28. The molecule has 0 spiro atoms. The van der Waals surface area contributed by atoms with Gasteiger partial charge in [0.25, 0.3) is 0 Å². The van der Waals surface area contributed by atoms with Gasteiger partial charge < -0.3 is 0 Å². The Bertz CT molecular complexity index is 342. The Morgan fingerprint density at radius 1 is 1.25 bits per heavy atom. The van der Waals surface area contributed by atoms with Gasteiger partial charge in [-0.05, 0) is 6.42 Å². The molecule has 3 nitrogen and oxygen atoms in total. The fraction of sp³-hybridized carbons (Fsp3) is 0.800. The van der Waals surface area contributed by atoms with Crippen LogP contribution in [0.25, 0.3) is 0 Å². The second-order valence-electron chi connectivity index (χ2n) is 4.04. The topological polar surface area (TPSA) is 30.7 Å². The monoisotopic (exact) mass is 235 g/mol. The molecule has 92 valence electrons. The van der Waals surface area contributed by atoms with Crippen LogP contribution < -0.4 is 0 Å². The highest BCUT2D eigenvalue weighted by Gasteiger charge is 2.37. The van der Waals surface area contributed by atoms with Crippen molar-refractivity contribution in [2.24, 2.45) is 0 Å². The molecule has 0 atom stereocenters. The van der Waals surface area contributed by atoms with Crippen LogP contribution in [0.1, 0.15) is 51.2 Å². The smallest absolute Gasteiger partial charge is 0.223 e. The highest BCUT2D eigenvalue weighted by molar-refractivity contribution is 5.01. The molecule has 1 aromatic heterocycles. The van der Waals surface area contributed by atoms with E-state index in [4.69, 9.17) is 0 Å². The summed E-state index contributed by atoms with van der Waals surface area (Å²) in [6.45, 7) is 5.28. The zero-order chi connectivity index (χ0) is 12.3. The fourth-order valence-electron chi connectivity index (χ4n) is 1.48. The molecule has 1 aromatic rings. The van der Waals surface area contributed by atoms with Crippen LogP contribution >= 0.6 is 0 Å². The lowest BCUT2D eigenvalue weighted by molar-refractivity contribution is -0.207. The molecule has 6 heteroatoms. The molecular weight excluding hydrogens is 219 g/mol. The van der Waals surface area contributed by atoms with Crippen LogP contribution in [0.3, 0.4) is 0 Å². The van der Waals surface area contributed by atoms with E-state index in [1.807, 2.05) is 6.92 Å². The second-order valence-corrected chi connectivity index (χ2v) is 4.04. The van der Waals surface area contributed by atoms with Gasteiger partial charge >= 0.3 is 6.30 Å². The number of hydrogen-bond donors (Lipinski definition) is 0. The number of unbranched alkanes of at least 4 members (excludes halogenated alkanes) is 1. The maximum absolute atomic E-state index is 12.8. The van der Waals surface area contributed by atoms with Gasteiger partial charge in [-0.15, -0.1) is 23.4 Å². The minimum atomic E-state index is -4.42. The van der Waals surface area contributed by atoms with Gasteiger partial charge in [0.2, 0.25) is 0 Å². The Hall–Kier alpha value is -1.07. The van der Waals surface area contributed by atoms with Gasteiger partial charge in [0.15, 0.2) is 0 Å². The normalized spacial score (nSPS) is 12.4. The largest absolute Gasteiger partial charge is 0.491 e. The molecule has 0 saturated carbocycles. The van der Waals surface area contributed by atoms with E-state index >= 15 is 0 Å². The van der Waals surface area contributed by atoms with Crippen LogP contribution in [0.2, 0.25) is 0 Å². The van der Waals surface area contributed by atoms with Crippen molar-refractivity contribution in [2.45, 2.75) is 52.3 Å². The molecule has 0 aromatic carbocycles. The highest BCUT2D eigenvalue weighted by atomic mass is 19.4. The molecule has 0 unspecified atom stereocenters. The van der Waals surface area contributed by atoms with Crippen LogP contribution in [-0.2, 0) is 12.7 Å². The predicted octanol–water partition coefficient (Wildman–Crippen LogP) is 3.22. The minimum Gasteiger partial charge on any atom is -0.223 e. The summed E-state index contributed by atoms with van der Waals surface area (Å²) in [6.07, 6.45) is -2.59. The highest BCUT2D eigenvalue weighted by Crippen LogP contribution is 2.28. The van der Waals surface area contributed by atoms with Crippen molar-refractivity contribution in [1.82, 2.24) is 14.8 Å². The molecule has 1 rings (SSSR count). The van der Waals surface area contributed by atoms with Gasteiger partial charge in [-0.3, -0.25) is 0 Å². The van der Waals surface area contributed by atoms with Crippen LogP contribution in [-0.4, -0.2) is 14.8 Å². The fourth-order valence-corrected chi connectivity index (χ4v) is 1.48. The van der Waals surface area contributed by atoms with E-state index in [0.29, 0.717) is 17.4 Å². The predicted molar refractivity (Wildman–Crippen MR) is 54.0 cm³/mol. The first kappa shape index (κ1) is 13.0. The Labute approximate surface area is 92.7 Å². The van der Waals surface area contributed by atoms with E-state index < -0.39 is 6.30 Å². The van der Waals surface area contributed by atoms with Crippen LogP contribution in [0.4, 0.5) is 13.2 Å². The van der Waals surface area contributed by atoms with Gasteiger partial charge in [-0.1, -0.05) is 27.2 Å². The quantitative estimate of drug-likeness (QED) is 0.802. The zero-order valence-corrected chi connectivity index (χ0v) is 9.67. The maximum atomic E-state index is 12.8. The van der Waals surface area contributed by atoms with Crippen molar-refractivity contribution in [3.05, 3.63) is 11.6 Å². The van der Waals surface area contributed by atoms with E-state index in [0.717, 1.165) is 6.42 Å². The number of hydrogen-bond acceptors (Lipinski definition) is 2. The van der Waals surface area contributed by atoms with Gasteiger partial charge in [0.1, 0.15) is 11.6 Å². The molecule has 16 heavy (non-hydrogen) atoms. The lowest BCUT2D eigenvalue weighted by Gasteiger charge is -2.14. The standard InChI is InChI=1S/C10H16F3N3/c1-4-5-6-8-14-15-9(7(2)3)16(8)10(11,12)13/h7H,4-6H2,1-3H3. The van der Waals surface area contributed by atoms with E-state index in [1.54, 1.807) is 13.8 Å². The average molecular weight is 235 g/mol. The van der Waals surface area contributed by atoms with Crippen molar-refractivity contribution in [3.63, 3.8) is 0 Å². The first-order chi connectivity index (χ1) is 7.38. The Kier molecular flexibility index (Phi) is 3.93. The molecule has 1 heterocycles. The molecule has 0 aliphatic rings. The van der Waals surface area contributed by atoms with Crippen LogP contribution in [0, 0.1) is 0 Å².